The molecule has 1 atom stereocenters. The number of benzene rings is 1. The summed E-state index contributed by atoms with van der Waals surface area (Å²) in [4.78, 5) is 23.4. The maximum atomic E-state index is 11.8. The molecule has 0 fully saturated rings. The number of nitrogens with zero attached hydrogens (tertiary/aromatic N) is 1. The first-order chi connectivity index (χ1) is 10.5. The van der Waals surface area contributed by atoms with Crippen LogP contribution in [0.15, 0.2) is 29.4 Å². The zero-order chi connectivity index (χ0) is 16.5. The average molecular weight is 306 g/mol. The summed E-state index contributed by atoms with van der Waals surface area (Å²) in [7, 11) is 1.59. The van der Waals surface area contributed by atoms with Gasteiger partial charge >= 0.3 is 5.97 Å². The number of hydrogen-bond donors (Lipinski definition) is 1. The van der Waals surface area contributed by atoms with Crippen molar-refractivity contribution in [2.24, 2.45) is 11.0 Å². The minimum absolute atomic E-state index is 0.203. The molecule has 1 rings (SSSR count). The number of methoxy groups -OCH3 is 1. The standard InChI is InChI=1S/C16H22N2O4/c1-5-22-16(20)11(2)12(3)17-18-15(19)10-13-6-8-14(21-4)9-7-13/h6-9,11H,5,10H2,1-4H3,(H,18,19). The van der Waals surface area contributed by atoms with Crippen molar-refractivity contribution in [1.82, 2.24) is 5.43 Å². The molecular formula is C16H22N2O4. The number of hydrogen-bond acceptors (Lipinski definition) is 5. The Morgan fingerprint density at radius 3 is 2.45 bits per heavy atom. The van der Waals surface area contributed by atoms with Crippen LogP contribution < -0.4 is 10.2 Å². The minimum Gasteiger partial charge on any atom is -0.497 e. The molecule has 6 heteroatoms. The molecule has 1 aromatic carbocycles. The van der Waals surface area contributed by atoms with Gasteiger partial charge in [0.05, 0.1) is 26.1 Å². The topological polar surface area (TPSA) is 77.0 Å². The van der Waals surface area contributed by atoms with Crippen molar-refractivity contribution >= 4 is 17.6 Å². The van der Waals surface area contributed by atoms with E-state index in [1.54, 1.807) is 40.0 Å². The summed E-state index contributed by atoms with van der Waals surface area (Å²) in [6, 6.07) is 7.21. The van der Waals surface area contributed by atoms with Gasteiger partial charge in [0.15, 0.2) is 0 Å². The van der Waals surface area contributed by atoms with E-state index in [9.17, 15) is 9.59 Å². The molecule has 22 heavy (non-hydrogen) atoms. The zero-order valence-electron chi connectivity index (χ0n) is 13.4. The molecule has 120 valence electrons. The Labute approximate surface area is 130 Å². The van der Waals surface area contributed by atoms with Crippen LogP contribution in [0.4, 0.5) is 0 Å². The lowest BCUT2D eigenvalue weighted by atomic mass is 10.1. The van der Waals surface area contributed by atoms with E-state index in [-0.39, 0.29) is 18.3 Å². The molecule has 1 unspecified atom stereocenters. The number of rotatable bonds is 7. The third-order valence-electron chi connectivity index (χ3n) is 3.15. The number of amides is 1. The van der Waals surface area contributed by atoms with Crippen LogP contribution in [0.1, 0.15) is 26.3 Å². The summed E-state index contributed by atoms with van der Waals surface area (Å²) in [5, 5.41) is 3.95. The number of ether oxygens (including phenoxy) is 2. The third-order valence-corrected chi connectivity index (χ3v) is 3.15. The second-order valence-electron chi connectivity index (χ2n) is 4.79. The Morgan fingerprint density at radius 2 is 1.91 bits per heavy atom. The normalized spacial score (nSPS) is 12.5. The van der Waals surface area contributed by atoms with Gasteiger partial charge in [-0.2, -0.15) is 5.10 Å². The maximum Gasteiger partial charge on any atom is 0.314 e. The second-order valence-corrected chi connectivity index (χ2v) is 4.79. The number of nitrogens with one attached hydrogen (secondary N) is 1. The summed E-state index contributed by atoms with van der Waals surface area (Å²) in [6.45, 7) is 5.43. The van der Waals surface area contributed by atoms with Crippen molar-refractivity contribution in [2.45, 2.75) is 27.2 Å². The summed E-state index contributed by atoms with van der Waals surface area (Å²) < 4.78 is 9.96. The van der Waals surface area contributed by atoms with Gasteiger partial charge in [0.25, 0.3) is 0 Å². The van der Waals surface area contributed by atoms with Gasteiger partial charge < -0.3 is 9.47 Å². The second kappa shape index (κ2) is 8.81. The van der Waals surface area contributed by atoms with Gasteiger partial charge in [-0.25, -0.2) is 5.43 Å². The van der Waals surface area contributed by atoms with Crippen LogP contribution in [0.2, 0.25) is 0 Å². The van der Waals surface area contributed by atoms with Crippen molar-refractivity contribution in [3.63, 3.8) is 0 Å². The van der Waals surface area contributed by atoms with Crippen molar-refractivity contribution in [2.75, 3.05) is 13.7 Å². The van der Waals surface area contributed by atoms with Crippen molar-refractivity contribution in [3.8, 4) is 5.75 Å². The van der Waals surface area contributed by atoms with Gasteiger partial charge in [-0.1, -0.05) is 12.1 Å². The molecule has 0 aliphatic carbocycles. The Hall–Kier alpha value is -2.37. The zero-order valence-corrected chi connectivity index (χ0v) is 13.4. The Kier molecular flexibility index (Phi) is 7.08. The van der Waals surface area contributed by atoms with Crippen LogP contribution in [0, 0.1) is 5.92 Å². The SMILES string of the molecule is CCOC(=O)C(C)C(C)=NNC(=O)Cc1ccc(OC)cc1. The van der Waals surface area contributed by atoms with Crippen LogP contribution in [-0.4, -0.2) is 31.3 Å². The lowest BCUT2D eigenvalue weighted by Crippen LogP contribution is -2.26. The Balaban J connectivity index is 2.53. The Morgan fingerprint density at radius 1 is 1.27 bits per heavy atom. The van der Waals surface area contributed by atoms with E-state index < -0.39 is 5.92 Å². The number of esters is 1. The highest BCUT2D eigenvalue weighted by Crippen LogP contribution is 2.11. The van der Waals surface area contributed by atoms with Crippen LogP contribution >= 0.6 is 0 Å². The molecule has 0 aromatic heterocycles. The quantitative estimate of drug-likeness (QED) is 0.474. The van der Waals surface area contributed by atoms with Gasteiger partial charge in [-0.05, 0) is 38.5 Å². The van der Waals surface area contributed by atoms with E-state index in [1.807, 2.05) is 12.1 Å². The molecule has 0 radical (unpaired) electrons. The van der Waals surface area contributed by atoms with Crippen molar-refractivity contribution < 1.29 is 19.1 Å². The summed E-state index contributed by atoms with van der Waals surface area (Å²) in [5.74, 6) is -0.351. The summed E-state index contributed by atoms with van der Waals surface area (Å²) in [6.07, 6.45) is 0.203. The number of hydrazone groups is 1. The smallest absolute Gasteiger partial charge is 0.314 e. The van der Waals surface area contributed by atoms with E-state index in [0.29, 0.717) is 12.3 Å². The summed E-state index contributed by atoms with van der Waals surface area (Å²) in [5.41, 5.74) is 3.80. The van der Waals surface area contributed by atoms with Crippen molar-refractivity contribution in [1.29, 1.82) is 0 Å². The fourth-order valence-corrected chi connectivity index (χ4v) is 1.65. The molecule has 1 amide bonds. The summed E-state index contributed by atoms with van der Waals surface area (Å²) >= 11 is 0. The first-order valence-electron chi connectivity index (χ1n) is 7.10. The predicted molar refractivity (Wildman–Crippen MR) is 83.7 cm³/mol. The van der Waals surface area contributed by atoms with Crippen LogP contribution in [0.5, 0.6) is 5.75 Å². The van der Waals surface area contributed by atoms with E-state index in [4.69, 9.17) is 9.47 Å². The maximum absolute atomic E-state index is 11.8. The molecule has 1 aromatic rings. The molecule has 0 bridgehead atoms. The number of carbonyl (C=O) groups is 2. The highest BCUT2D eigenvalue weighted by atomic mass is 16.5. The first-order valence-corrected chi connectivity index (χ1v) is 7.10. The molecule has 0 aliphatic rings. The van der Waals surface area contributed by atoms with Gasteiger partial charge in [0.1, 0.15) is 5.75 Å². The van der Waals surface area contributed by atoms with E-state index in [0.717, 1.165) is 11.3 Å². The average Bonchev–Trinajstić information content (AvgIpc) is 2.52. The molecular weight excluding hydrogens is 284 g/mol. The molecule has 0 heterocycles. The van der Waals surface area contributed by atoms with Gasteiger partial charge in [0, 0.05) is 5.71 Å². The molecule has 0 saturated heterocycles. The van der Waals surface area contributed by atoms with E-state index in [1.165, 1.54) is 0 Å². The highest BCUT2D eigenvalue weighted by molar-refractivity contribution is 6.00. The largest absolute Gasteiger partial charge is 0.497 e. The van der Waals surface area contributed by atoms with Crippen LogP contribution in [0.25, 0.3) is 0 Å². The van der Waals surface area contributed by atoms with Crippen molar-refractivity contribution in [3.05, 3.63) is 29.8 Å². The van der Waals surface area contributed by atoms with Gasteiger partial charge in [-0.3, -0.25) is 9.59 Å². The third kappa shape index (κ3) is 5.55. The van der Waals surface area contributed by atoms with Crippen LogP contribution in [-0.2, 0) is 20.7 Å². The molecule has 1 N–H and O–H groups in total. The first kappa shape index (κ1) is 17.7. The molecule has 0 spiro atoms. The lowest BCUT2D eigenvalue weighted by Gasteiger charge is -2.10. The van der Waals surface area contributed by atoms with E-state index >= 15 is 0 Å². The fraction of sp³-hybridized carbons (Fsp3) is 0.438. The predicted octanol–water partition coefficient (Wildman–Crippen LogP) is 1.93. The van der Waals surface area contributed by atoms with E-state index in [2.05, 4.69) is 10.5 Å². The fourth-order valence-electron chi connectivity index (χ4n) is 1.65. The molecule has 0 saturated carbocycles. The lowest BCUT2D eigenvalue weighted by molar-refractivity contribution is -0.145. The van der Waals surface area contributed by atoms with Gasteiger partial charge in [-0.15, -0.1) is 0 Å². The minimum atomic E-state index is -0.485. The van der Waals surface area contributed by atoms with Crippen LogP contribution in [0.3, 0.4) is 0 Å². The van der Waals surface area contributed by atoms with Gasteiger partial charge in [0.2, 0.25) is 5.91 Å². The molecule has 6 nitrogen and oxygen atoms in total. The molecule has 0 aliphatic heterocycles. The Bertz CT molecular complexity index is 538. The highest BCUT2D eigenvalue weighted by Gasteiger charge is 2.17. The monoisotopic (exact) mass is 306 g/mol. The number of carbonyl (C=O) groups excluding carboxylic acids is 2.